The van der Waals surface area contributed by atoms with Crippen molar-refractivity contribution in [2.45, 2.75) is 13.5 Å². The number of nitrogens with zero attached hydrogens (tertiary/aromatic N) is 1. The molecule has 256 valence electrons. The predicted octanol–water partition coefficient (Wildman–Crippen LogP) is 6.68. The minimum absolute atomic E-state index is 0.0256. The van der Waals surface area contributed by atoms with E-state index in [0.29, 0.717) is 34.3 Å². The standard InChI is InChI=1S/C24H20B.C22H26NO3/c1-5-13-21(14-6-1)25(22-15-7-2-8-16-22,23-17-9-3-10-18-23)24-19-11-4-12-20-24;1-17(2)22(25)26-15-14-23(3,4)16-18-10-12-20(13-11-18)21(24)19-8-6-5-7-9-19/h1-20H;5-13H,1,14-16H2,2-4H3/q-1;+1. The number of ketones is 1. The molecule has 6 aromatic carbocycles. The monoisotopic (exact) mass is 671 g/mol. The molecule has 0 atom stereocenters. The summed E-state index contributed by atoms with van der Waals surface area (Å²) in [6.07, 6.45) is -1.22. The second-order valence-electron chi connectivity index (χ2n) is 13.6. The Balaban J connectivity index is 0.000000198. The number of esters is 1. The SMILES string of the molecule is C=C(C)C(=O)OCC[N+](C)(C)Cc1ccc(C(=O)c2ccccc2)cc1.c1ccc([B-](c2ccccc2)(c2ccccc2)c2ccccc2)cc1. The smallest absolute Gasteiger partial charge is 0.333 e. The Labute approximate surface area is 303 Å². The van der Waals surface area contributed by atoms with E-state index in [0.717, 1.165) is 12.1 Å². The fraction of sp³-hybridized carbons (Fsp3) is 0.130. The molecule has 5 heteroatoms. The van der Waals surface area contributed by atoms with E-state index in [1.54, 1.807) is 6.92 Å². The van der Waals surface area contributed by atoms with E-state index in [1.807, 2.05) is 54.6 Å². The lowest BCUT2D eigenvalue weighted by Gasteiger charge is -2.44. The highest BCUT2D eigenvalue weighted by Crippen LogP contribution is 2.15. The number of carbonyl (C=O) groups is 2. The fourth-order valence-electron chi connectivity index (χ4n) is 6.72. The lowest BCUT2D eigenvalue weighted by Crippen LogP contribution is -2.74. The molecule has 0 aliphatic carbocycles. The summed E-state index contributed by atoms with van der Waals surface area (Å²) in [5, 5.41) is 0. The maximum absolute atomic E-state index is 12.4. The highest BCUT2D eigenvalue weighted by Gasteiger charge is 2.31. The second-order valence-corrected chi connectivity index (χ2v) is 13.6. The maximum Gasteiger partial charge on any atom is 0.333 e. The first-order valence-corrected chi connectivity index (χ1v) is 17.4. The molecule has 0 aliphatic rings. The Hall–Kier alpha value is -5.78. The first-order chi connectivity index (χ1) is 24.7. The van der Waals surface area contributed by atoms with Gasteiger partial charge in [0, 0.05) is 22.3 Å². The van der Waals surface area contributed by atoms with E-state index in [4.69, 9.17) is 4.74 Å². The van der Waals surface area contributed by atoms with Gasteiger partial charge in [-0.15, -0.1) is 0 Å². The Morgan fingerprint density at radius 3 is 1.27 bits per heavy atom. The number of quaternary nitrogens is 1. The Morgan fingerprint density at radius 1 is 0.549 bits per heavy atom. The Kier molecular flexibility index (Phi) is 12.3. The van der Waals surface area contributed by atoms with E-state index in [-0.39, 0.29) is 11.8 Å². The van der Waals surface area contributed by atoms with Crippen molar-refractivity contribution >= 4 is 39.7 Å². The average Bonchev–Trinajstić information content (AvgIpc) is 3.17. The summed E-state index contributed by atoms with van der Waals surface area (Å²) < 4.78 is 5.85. The third kappa shape index (κ3) is 9.27. The van der Waals surface area contributed by atoms with Gasteiger partial charge in [0.2, 0.25) is 0 Å². The van der Waals surface area contributed by atoms with Gasteiger partial charge in [-0.2, -0.15) is 21.9 Å². The number of carbonyl (C=O) groups excluding carboxylic acids is 2. The quantitative estimate of drug-likeness (QED) is 0.0480. The first kappa shape index (κ1) is 36.5. The van der Waals surface area contributed by atoms with Gasteiger partial charge in [0.15, 0.2) is 5.78 Å². The highest BCUT2D eigenvalue weighted by molar-refractivity contribution is 7.19. The first-order valence-electron chi connectivity index (χ1n) is 17.4. The zero-order chi connectivity index (χ0) is 36.1. The van der Waals surface area contributed by atoms with Crippen LogP contribution in [0, 0.1) is 0 Å². The number of hydrogen-bond donors (Lipinski definition) is 0. The van der Waals surface area contributed by atoms with Crippen LogP contribution in [0.3, 0.4) is 0 Å². The molecule has 0 heterocycles. The number of benzene rings is 6. The van der Waals surface area contributed by atoms with Gasteiger partial charge < -0.3 is 9.22 Å². The lowest BCUT2D eigenvalue weighted by atomic mass is 9.13. The molecule has 6 aromatic rings. The minimum atomic E-state index is -1.22. The largest absolute Gasteiger partial charge is 0.456 e. The van der Waals surface area contributed by atoms with E-state index < -0.39 is 6.15 Å². The lowest BCUT2D eigenvalue weighted by molar-refractivity contribution is -0.903. The topological polar surface area (TPSA) is 43.4 Å². The van der Waals surface area contributed by atoms with Crippen molar-refractivity contribution in [2.75, 3.05) is 27.2 Å². The van der Waals surface area contributed by atoms with Gasteiger partial charge in [-0.3, -0.25) is 4.79 Å². The van der Waals surface area contributed by atoms with Gasteiger partial charge in [-0.05, 0) is 6.92 Å². The zero-order valence-electron chi connectivity index (χ0n) is 29.8. The summed E-state index contributed by atoms with van der Waals surface area (Å²) in [7, 11) is 4.16. The maximum atomic E-state index is 12.4. The van der Waals surface area contributed by atoms with Crippen molar-refractivity contribution in [3.05, 3.63) is 205 Å². The van der Waals surface area contributed by atoms with Gasteiger partial charge in [0.05, 0.1) is 14.1 Å². The molecule has 0 amide bonds. The van der Waals surface area contributed by atoms with Crippen LogP contribution >= 0.6 is 0 Å². The van der Waals surface area contributed by atoms with Crippen LogP contribution in [-0.2, 0) is 16.1 Å². The van der Waals surface area contributed by atoms with E-state index in [9.17, 15) is 9.59 Å². The van der Waals surface area contributed by atoms with Crippen molar-refractivity contribution in [3.63, 3.8) is 0 Å². The predicted molar refractivity (Wildman–Crippen MR) is 213 cm³/mol. The summed E-state index contributed by atoms with van der Waals surface area (Å²) in [5.74, 6) is -0.327. The van der Waals surface area contributed by atoms with Crippen LogP contribution in [0.25, 0.3) is 0 Å². The summed E-state index contributed by atoms with van der Waals surface area (Å²) >= 11 is 0. The van der Waals surface area contributed by atoms with Crippen LogP contribution in [0.4, 0.5) is 0 Å². The van der Waals surface area contributed by atoms with Gasteiger partial charge in [-0.25, -0.2) is 4.79 Å². The van der Waals surface area contributed by atoms with Gasteiger partial charge >= 0.3 is 5.97 Å². The van der Waals surface area contributed by atoms with E-state index >= 15 is 0 Å². The average molecular weight is 672 g/mol. The van der Waals surface area contributed by atoms with Crippen LogP contribution < -0.4 is 21.9 Å². The molecule has 0 saturated carbocycles. The molecule has 0 spiro atoms. The molecule has 51 heavy (non-hydrogen) atoms. The van der Waals surface area contributed by atoms with Crippen molar-refractivity contribution in [3.8, 4) is 0 Å². The Morgan fingerprint density at radius 2 is 0.902 bits per heavy atom. The van der Waals surface area contributed by atoms with Gasteiger partial charge in [-0.1, -0.05) is 183 Å². The molecule has 0 unspecified atom stereocenters. The van der Waals surface area contributed by atoms with Crippen LogP contribution in [0.1, 0.15) is 28.4 Å². The molecule has 0 bridgehead atoms. The fourth-order valence-corrected chi connectivity index (χ4v) is 6.72. The summed E-state index contributed by atoms with van der Waals surface area (Å²) in [6.45, 7) is 7.05. The molecule has 0 saturated heterocycles. The molecular weight excluding hydrogens is 625 g/mol. The number of hydrogen-bond acceptors (Lipinski definition) is 3. The van der Waals surface area contributed by atoms with E-state index in [1.165, 1.54) is 21.9 Å². The number of rotatable bonds is 12. The molecule has 0 N–H and O–H groups in total. The second kappa shape index (κ2) is 17.2. The molecule has 0 fully saturated rings. The molecule has 0 radical (unpaired) electrons. The normalized spacial score (nSPS) is 11.1. The third-order valence-electron chi connectivity index (χ3n) is 9.34. The van der Waals surface area contributed by atoms with E-state index in [2.05, 4.69) is 142 Å². The third-order valence-corrected chi connectivity index (χ3v) is 9.34. The van der Waals surface area contributed by atoms with Crippen LogP contribution in [0.5, 0.6) is 0 Å². The zero-order valence-corrected chi connectivity index (χ0v) is 29.8. The number of ether oxygens (including phenoxy) is 1. The minimum Gasteiger partial charge on any atom is -0.456 e. The molecule has 0 aromatic heterocycles. The van der Waals surface area contributed by atoms with Gasteiger partial charge in [0.1, 0.15) is 25.8 Å². The van der Waals surface area contributed by atoms with Crippen LogP contribution in [0.2, 0.25) is 0 Å². The van der Waals surface area contributed by atoms with Gasteiger partial charge in [0.25, 0.3) is 0 Å². The van der Waals surface area contributed by atoms with Crippen molar-refractivity contribution in [2.24, 2.45) is 0 Å². The Bertz CT molecular complexity index is 1830. The molecule has 4 nitrogen and oxygen atoms in total. The molecule has 6 rings (SSSR count). The summed E-state index contributed by atoms with van der Waals surface area (Å²) in [4.78, 5) is 23.9. The molecular formula is C46H46BNO3. The van der Waals surface area contributed by atoms with Crippen molar-refractivity contribution < 1.29 is 18.8 Å². The van der Waals surface area contributed by atoms with Crippen LogP contribution in [0.15, 0.2) is 188 Å². The molecule has 0 aliphatic heterocycles. The van der Waals surface area contributed by atoms with Crippen molar-refractivity contribution in [1.82, 2.24) is 0 Å². The number of likely N-dealkylation sites (N-methyl/N-ethyl adjacent to an activating group) is 1. The summed E-state index contributed by atoms with van der Waals surface area (Å²) in [6, 6.07) is 60.5. The van der Waals surface area contributed by atoms with Crippen LogP contribution in [-0.4, -0.2) is 49.6 Å². The summed E-state index contributed by atoms with van der Waals surface area (Å²) in [5.41, 5.74) is 8.27. The highest BCUT2D eigenvalue weighted by atomic mass is 16.5. The van der Waals surface area contributed by atoms with Crippen molar-refractivity contribution in [1.29, 1.82) is 0 Å².